The average molecular weight is 241 g/mol. The lowest BCUT2D eigenvalue weighted by molar-refractivity contribution is -0.146. The number of methoxy groups -OCH3 is 1. The minimum Gasteiger partial charge on any atom is -0.469 e. The summed E-state index contributed by atoms with van der Waals surface area (Å²) in [5.74, 6) is 0.0675. The van der Waals surface area contributed by atoms with E-state index in [1.54, 1.807) is 0 Å². The zero-order chi connectivity index (χ0) is 12.7. The number of carbonyl (C=O) groups excluding carboxylic acids is 2. The number of carbonyl (C=O) groups is 2. The van der Waals surface area contributed by atoms with Crippen molar-refractivity contribution in [2.24, 2.45) is 5.92 Å². The lowest BCUT2D eigenvalue weighted by Gasteiger charge is -2.27. The molecular weight excluding hydrogens is 218 g/mol. The van der Waals surface area contributed by atoms with Crippen molar-refractivity contribution in [2.45, 2.75) is 57.9 Å². The SMILES string of the molecule is CCCCC(=O)NC1CCC(C(=O)OC)CC1. The van der Waals surface area contributed by atoms with Crippen LogP contribution in [-0.4, -0.2) is 25.0 Å². The summed E-state index contributed by atoms with van der Waals surface area (Å²) in [6, 6.07) is 0.250. The Morgan fingerprint density at radius 2 is 1.88 bits per heavy atom. The zero-order valence-electron chi connectivity index (χ0n) is 10.8. The van der Waals surface area contributed by atoms with E-state index in [9.17, 15) is 9.59 Å². The molecule has 1 aliphatic rings. The fourth-order valence-corrected chi connectivity index (χ4v) is 2.28. The normalized spacial score (nSPS) is 24.1. The number of ether oxygens (including phenoxy) is 1. The lowest BCUT2D eigenvalue weighted by Crippen LogP contribution is -2.38. The fraction of sp³-hybridized carbons (Fsp3) is 0.846. The maximum atomic E-state index is 11.5. The molecule has 0 aromatic rings. The highest BCUT2D eigenvalue weighted by Gasteiger charge is 2.27. The molecule has 4 nitrogen and oxygen atoms in total. The molecule has 0 aromatic heterocycles. The van der Waals surface area contributed by atoms with E-state index in [0.717, 1.165) is 38.5 Å². The van der Waals surface area contributed by atoms with E-state index < -0.39 is 0 Å². The summed E-state index contributed by atoms with van der Waals surface area (Å²) in [7, 11) is 1.43. The van der Waals surface area contributed by atoms with Crippen LogP contribution in [0.15, 0.2) is 0 Å². The molecule has 0 bridgehead atoms. The summed E-state index contributed by atoms with van der Waals surface area (Å²) in [6.07, 6.45) is 6.03. The molecule has 4 heteroatoms. The Morgan fingerprint density at radius 1 is 1.24 bits per heavy atom. The Kier molecular flexibility index (Phi) is 6.01. The first-order chi connectivity index (χ1) is 8.17. The Labute approximate surface area is 103 Å². The summed E-state index contributed by atoms with van der Waals surface area (Å²) in [6.45, 7) is 2.08. The Hall–Kier alpha value is -1.06. The number of unbranched alkanes of at least 4 members (excludes halogenated alkanes) is 1. The molecule has 0 radical (unpaired) electrons. The van der Waals surface area contributed by atoms with Gasteiger partial charge < -0.3 is 10.1 Å². The van der Waals surface area contributed by atoms with Crippen LogP contribution in [0, 0.1) is 5.92 Å². The van der Waals surface area contributed by atoms with Gasteiger partial charge in [0.25, 0.3) is 0 Å². The van der Waals surface area contributed by atoms with E-state index in [1.807, 2.05) is 0 Å². The monoisotopic (exact) mass is 241 g/mol. The first-order valence-electron chi connectivity index (χ1n) is 6.54. The van der Waals surface area contributed by atoms with Crippen molar-refractivity contribution in [2.75, 3.05) is 7.11 Å². The molecule has 0 atom stereocenters. The second-order valence-electron chi connectivity index (χ2n) is 4.74. The lowest BCUT2D eigenvalue weighted by atomic mass is 9.86. The van der Waals surface area contributed by atoms with Crippen LogP contribution >= 0.6 is 0 Å². The Morgan fingerprint density at radius 3 is 2.41 bits per heavy atom. The predicted molar refractivity (Wildman–Crippen MR) is 65.4 cm³/mol. The van der Waals surface area contributed by atoms with Crippen molar-refractivity contribution in [3.8, 4) is 0 Å². The molecule has 0 aromatic carbocycles. The molecule has 1 saturated carbocycles. The molecule has 98 valence electrons. The molecule has 1 rings (SSSR count). The van der Waals surface area contributed by atoms with Gasteiger partial charge >= 0.3 is 5.97 Å². The van der Waals surface area contributed by atoms with Crippen LogP contribution in [0.3, 0.4) is 0 Å². The summed E-state index contributed by atoms with van der Waals surface area (Å²) in [5.41, 5.74) is 0. The van der Waals surface area contributed by atoms with Gasteiger partial charge in [0.05, 0.1) is 13.0 Å². The smallest absolute Gasteiger partial charge is 0.308 e. The van der Waals surface area contributed by atoms with E-state index in [2.05, 4.69) is 12.2 Å². The van der Waals surface area contributed by atoms with Crippen LogP contribution in [0.1, 0.15) is 51.9 Å². The molecule has 0 spiro atoms. The van der Waals surface area contributed by atoms with Gasteiger partial charge in [0, 0.05) is 12.5 Å². The van der Waals surface area contributed by atoms with E-state index in [4.69, 9.17) is 4.74 Å². The second-order valence-corrected chi connectivity index (χ2v) is 4.74. The van der Waals surface area contributed by atoms with Crippen molar-refractivity contribution >= 4 is 11.9 Å². The highest BCUT2D eigenvalue weighted by Crippen LogP contribution is 2.25. The highest BCUT2D eigenvalue weighted by molar-refractivity contribution is 5.76. The zero-order valence-corrected chi connectivity index (χ0v) is 10.8. The third-order valence-corrected chi connectivity index (χ3v) is 3.38. The van der Waals surface area contributed by atoms with Crippen LogP contribution in [0.5, 0.6) is 0 Å². The number of hydrogen-bond donors (Lipinski definition) is 1. The minimum absolute atomic E-state index is 0.0313. The molecule has 1 N–H and O–H groups in total. The van der Waals surface area contributed by atoms with Crippen LogP contribution in [-0.2, 0) is 14.3 Å². The van der Waals surface area contributed by atoms with Crippen LogP contribution in [0.4, 0.5) is 0 Å². The molecule has 0 unspecified atom stereocenters. The van der Waals surface area contributed by atoms with Crippen molar-refractivity contribution in [3.05, 3.63) is 0 Å². The third-order valence-electron chi connectivity index (χ3n) is 3.38. The molecule has 0 aliphatic heterocycles. The standard InChI is InChI=1S/C13H23NO3/c1-3-4-5-12(15)14-11-8-6-10(7-9-11)13(16)17-2/h10-11H,3-9H2,1-2H3,(H,14,15). The summed E-state index contributed by atoms with van der Waals surface area (Å²) >= 11 is 0. The van der Waals surface area contributed by atoms with Gasteiger partial charge in [0.1, 0.15) is 0 Å². The van der Waals surface area contributed by atoms with Gasteiger partial charge in [-0.15, -0.1) is 0 Å². The average Bonchev–Trinajstić information content (AvgIpc) is 2.36. The topological polar surface area (TPSA) is 55.4 Å². The number of amides is 1. The Bertz CT molecular complexity index is 257. The van der Waals surface area contributed by atoms with Gasteiger partial charge in [-0.3, -0.25) is 9.59 Å². The highest BCUT2D eigenvalue weighted by atomic mass is 16.5. The number of hydrogen-bond acceptors (Lipinski definition) is 3. The van der Waals surface area contributed by atoms with Crippen LogP contribution in [0.25, 0.3) is 0 Å². The van der Waals surface area contributed by atoms with Gasteiger partial charge in [0.2, 0.25) is 5.91 Å². The maximum Gasteiger partial charge on any atom is 0.308 e. The first-order valence-corrected chi connectivity index (χ1v) is 6.54. The van der Waals surface area contributed by atoms with Crippen molar-refractivity contribution in [3.63, 3.8) is 0 Å². The van der Waals surface area contributed by atoms with Gasteiger partial charge in [-0.2, -0.15) is 0 Å². The molecule has 1 amide bonds. The molecule has 0 saturated heterocycles. The van der Waals surface area contributed by atoms with E-state index in [-0.39, 0.29) is 23.8 Å². The summed E-state index contributed by atoms with van der Waals surface area (Å²) in [5, 5.41) is 3.04. The molecule has 1 fully saturated rings. The largest absolute Gasteiger partial charge is 0.469 e. The number of esters is 1. The molecule has 17 heavy (non-hydrogen) atoms. The van der Waals surface area contributed by atoms with Gasteiger partial charge in [0.15, 0.2) is 0 Å². The third kappa shape index (κ3) is 4.75. The maximum absolute atomic E-state index is 11.5. The van der Waals surface area contributed by atoms with Gasteiger partial charge in [-0.1, -0.05) is 13.3 Å². The van der Waals surface area contributed by atoms with Gasteiger partial charge in [-0.25, -0.2) is 0 Å². The molecular formula is C13H23NO3. The minimum atomic E-state index is -0.110. The summed E-state index contributed by atoms with van der Waals surface area (Å²) < 4.78 is 4.73. The summed E-state index contributed by atoms with van der Waals surface area (Å²) in [4.78, 5) is 22.9. The van der Waals surface area contributed by atoms with Gasteiger partial charge in [-0.05, 0) is 32.1 Å². The predicted octanol–water partition coefficient (Wildman–Crippen LogP) is 2.02. The second kappa shape index (κ2) is 7.30. The van der Waals surface area contributed by atoms with E-state index >= 15 is 0 Å². The van der Waals surface area contributed by atoms with Crippen molar-refractivity contribution < 1.29 is 14.3 Å². The van der Waals surface area contributed by atoms with Crippen LogP contribution < -0.4 is 5.32 Å². The fourth-order valence-electron chi connectivity index (χ4n) is 2.28. The quantitative estimate of drug-likeness (QED) is 0.749. The molecule has 1 aliphatic carbocycles. The Balaban J connectivity index is 2.23. The number of rotatable bonds is 5. The van der Waals surface area contributed by atoms with E-state index in [1.165, 1.54) is 7.11 Å². The van der Waals surface area contributed by atoms with Crippen molar-refractivity contribution in [1.82, 2.24) is 5.32 Å². The number of nitrogens with one attached hydrogen (secondary N) is 1. The first kappa shape index (κ1) is 14.0. The molecule has 0 heterocycles. The van der Waals surface area contributed by atoms with Crippen LogP contribution in [0.2, 0.25) is 0 Å². The van der Waals surface area contributed by atoms with E-state index in [0.29, 0.717) is 6.42 Å². The van der Waals surface area contributed by atoms with Crippen molar-refractivity contribution in [1.29, 1.82) is 0 Å².